The molecule has 0 aliphatic carbocycles. The number of aromatic nitrogens is 1. The van der Waals surface area contributed by atoms with Crippen LogP contribution in [0.3, 0.4) is 0 Å². The Labute approximate surface area is 118 Å². The summed E-state index contributed by atoms with van der Waals surface area (Å²) in [7, 11) is 1.62. The second-order valence-electron chi connectivity index (χ2n) is 4.87. The molecule has 1 aromatic carbocycles. The normalized spacial score (nSPS) is 12.3. The van der Waals surface area contributed by atoms with Crippen molar-refractivity contribution in [3.63, 3.8) is 0 Å². The summed E-state index contributed by atoms with van der Waals surface area (Å²) < 4.78 is 4.97. The van der Waals surface area contributed by atoms with Gasteiger partial charge in [-0.05, 0) is 25.0 Å². The lowest BCUT2D eigenvalue weighted by Gasteiger charge is -2.13. The first-order valence-electron chi connectivity index (χ1n) is 6.79. The molecule has 0 fully saturated rings. The Morgan fingerprint density at radius 1 is 1.40 bits per heavy atom. The van der Waals surface area contributed by atoms with Gasteiger partial charge in [0.15, 0.2) is 0 Å². The number of benzene rings is 1. The predicted octanol–water partition coefficient (Wildman–Crippen LogP) is 2.04. The van der Waals surface area contributed by atoms with Gasteiger partial charge in [0.2, 0.25) is 0 Å². The third-order valence-corrected chi connectivity index (χ3v) is 3.15. The number of hydrogen-bond donors (Lipinski definition) is 3. The number of amides is 2. The molecule has 20 heavy (non-hydrogen) atoms. The van der Waals surface area contributed by atoms with Crippen LogP contribution in [0.2, 0.25) is 0 Å². The van der Waals surface area contributed by atoms with E-state index in [0.29, 0.717) is 13.2 Å². The SMILES string of the molecule is COCC(C)NC(=O)NCCc1c[nH]c2ccccc12. The molecule has 2 amide bonds. The molecule has 1 unspecified atom stereocenters. The number of fused-ring (bicyclic) bond motifs is 1. The number of methoxy groups -OCH3 is 1. The van der Waals surface area contributed by atoms with Crippen LogP contribution in [0.4, 0.5) is 4.79 Å². The number of ether oxygens (including phenoxy) is 1. The minimum Gasteiger partial charge on any atom is -0.383 e. The third kappa shape index (κ3) is 3.74. The molecule has 2 aromatic rings. The van der Waals surface area contributed by atoms with Crippen molar-refractivity contribution < 1.29 is 9.53 Å². The zero-order chi connectivity index (χ0) is 14.4. The van der Waals surface area contributed by atoms with Crippen molar-refractivity contribution in [2.24, 2.45) is 0 Å². The molecule has 2 rings (SSSR count). The molecule has 5 nitrogen and oxygen atoms in total. The van der Waals surface area contributed by atoms with Gasteiger partial charge in [-0.2, -0.15) is 0 Å². The molecule has 0 aliphatic rings. The fourth-order valence-electron chi connectivity index (χ4n) is 2.22. The molecular weight excluding hydrogens is 254 g/mol. The fraction of sp³-hybridized carbons (Fsp3) is 0.400. The fourth-order valence-corrected chi connectivity index (χ4v) is 2.22. The molecule has 0 radical (unpaired) electrons. The molecule has 3 N–H and O–H groups in total. The molecule has 1 heterocycles. The standard InChI is InChI=1S/C15H21N3O2/c1-11(10-20-2)18-15(19)16-8-7-12-9-17-14-6-4-3-5-13(12)14/h3-6,9,11,17H,7-8,10H2,1-2H3,(H2,16,18,19). The van der Waals surface area contributed by atoms with E-state index in [0.717, 1.165) is 11.9 Å². The highest BCUT2D eigenvalue weighted by Crippen LogP contribution is 2.17. The van der Waals surface area contributed by atoms with Gasteiger partial charge in [-0.15, -0.1) is 0 Å². The number of carbonyl (C=O) groups is 1. The molecule has 0 aliphatic heterocycles. The number of para-hydroxylation sites is 1. The maximum atomic E-state index is 11.6. The Balaban J connectivity index is 1.80. The summed E-state index contributed by atoms with van der Waals surface area (Å²) in [6.45, 7) is 3.02. The van der Waals surface area contributed by atoms with Crippen molar-refractivity contribution in [3.05, 3.63) is 36.0 Å². The van der Waals surface area contributed by atoms with Gasteiger partial charge in [0.25, 0.3) is 0 Å². The molecule has 1 atom stereocenters. The van der Waals surface area contributed by atoms with Gasteiger partial charge >= 0.3 is 6.03 Å². The van der Waals surface area contributed by atoms with Crippen LogP contribution in [0, 0.1) is 0 Å². The van der Waals surface area contributed by atoms with Crippen LogP contribution in [-0.2, 0) is 11.2 Å². The van der Waals surface area contributed by atoms with E-state index in [1.165, 1.54) is 10.9 Å². The second-order valence-corrected chi connectivity index (χ2v) is 4.87. The zero-order valence-electron chi connectivity index (χ0n) is 11.9. The topological polar surface area (TPSA) is 66.2 Å². The first-order valence-corrected chi connectivity index (χ1v) is 6.79. The molecule has 5 heteroatoms. The van der Waals surface area contributed by atoms with E-state index in [9.17, 15) is 4.79 Å². The smallest absolute Gasteiger partial charge is 0.315 e. The lowest BCUT2D eigenvalue weighted by Crippen LogP contribution is -2.43. The van der Waals surface area contributed by atoms with Gasteiger partial charge in [0.05, 0.1) is 12.6 Å². The van der Waals surface area contributed by atoms with Crippen LogP contribution in [0.15, 0.2) is 30.5 Å². The monoisotopic (exact) mass is 275 g/mol. The van der Waals surface area contributed by atoms with E-state index < -0.39 is 0 Å². The highest BCUT2D eigenvalue weighted by atomic mass is 16.5. The average Bonchev–Trinajstić information content (AvgIpc) is 2.82. The predicted molar refractivity (Wildman–Crippen MR) is 79.9 cm³/mol. The van der Waals surface area contributed by atoms with E-state index in [1.807, 2.05) is 31.3 Å². The van der Waals surface area contributed by atoms with Gasteiger partial charge in [0, 0.05) is 30.8 Å². The summed E-state index contributed by atoms with van der Waals surface area (Å²) >= 11 is 0. The summed E-state index contributed by atoms with van der Waals surface area (Å²) in [6.07, 6.45) is 2.80. The molecule has 0 saturated heterocycles. The molecular formula is C15H21N3O2. The molecule has 108 valence electrons. The zero-order valence-corrected chi connectivity index (χ0v) is 11.9. The largest absolute Gasteiger partial charge is 0.383 e. The highest BCUT2D eigenvalue weighted by Gasteiger charge is 2.07. The van der Waals surface area contributed by atoms with E-state index >= 15 is 0 Å². The number of rotatable bonds is 6. The Bertz CT molecular complexity index is 565. The van der Waals surface area contributed by atoms with Gasteiger partial charge in [-0.25, -0.2) is 4.79 Å². The molecule has 0 spiro atoms. The number of urea groups is 1. The summed E-state index contributed by atoms with van der Waals surface area (Å²) in [5, 5.41) is 6.88. The first-order chi connectivity index (χ1) is 9.70. The van der Waals surface area contributed by atoms with Crippen LogP contribution in [-0.4, -0.2) is 37.3 Å². The number of aromatic amines is 1. The lowest BCUT2D eigenvalue weighted by atomic mass is 10.1. The van der Waals surface area contributed by atoms with Gasteiger partial charge in [0.1, 0.15) is 0 Å². The maximum Gasteiger partial charge on any atom is 0.315 e. The van der Waals surface area contributed by atoms with E-state index in [1.54, 1.807) is 7.11 Å². The van der Waals surface area contributed by atoms with Crippen molar-refractivity contribution in [3.8, 4) is 0 Å². The van der Waals surface area contributed by atoms with Crippen molar-refractivity contribution in [1.82, 2.24) is 15.6 Å². The Hall–Kier alpha value is -2.01. The van der Waals surface area contributed by atoms with Gasteiger partial charge < -0.3 is 20.4 Å². The number of carbonyl (C=O) groups excluding carboxylic acids is 1. The average molecular weight is 275 g/mol. The quantitative estimate of drug-likeness (QED) is 0.755. The lowest BCUT2D eigenvalue weighted by molar-refractivity contribution is 0.171. The van der Waals surface area contributed by atoms with Crippen LogP contribution >= 0.6 is 0 Å². The van der Waals surface area contributed by atoms with Crippen molar-refractivity contribution in [2.45, 2.75) is 19.4 Å². The summed E-state index contributed by atoms with van der Waals surface area (Å²) in [5.41, 5.74) is 2.34. The van der Waals surface area contributed by atoms with Crippen molar-refractivity contribution in [1.29, 1.82) is 0 Å². The number of nitrogens with one attached hydrogen (secondary N) is 3. The Morgan fingerprint density at radius 3 is 3.00 bits per heavy atom. The van der Waals surface area contributed by atoms with Crippen LogP contribution in [0.1, 0.15) is 12.5 Å². The van der Waals surface area contributed by atoms with E-state index in [-0.39, 0.29) is 12.1 Å². The number of H-pyrrole nitrogens is 1. The van der Waals surface area contributed by atoms with Crippen LogP contribution in [0.5, 0.6) is 0 Å². The van der Waals surface area contributed by atoms with Gasteiger partial charge in [-0.3, -0.25) is 0 Å². The highest BCUT2D eigenvalue weighted by molar-refractivity contribution is 5.83. The maximum absolute atomic E-state index is 11.6. The van der Waals surface area contributed by atoms with Crippen LogP contribution < -0.4 is 10.6 Å². The van der Waals surface area contributed by atoms with Crippen molar-refractivity contribution in [2.75, 3.05) is 20.3 Å². The van der Waals surface area contributed by atoms with E-state index in [2.05, 4.69) is 21.7 Å². The minimum atomic E-state index is -0.158. The summed E-state index contributed by atoms with van der Waals surface area (Å²) in [4.78, 5) is 14.9. The Kier molecular flexibility index (Phi) is 5.01. The van der Waals surface area contributed by atoms with Crippen LogP contribution in [0.25, 0.3) is 10.9 Å². The third-order valence-electron chi connectivity index (χ3n) is 3.15. The molecule has 0 bridgehead atoms. The van der Waals surface area contributed by atoms with Gasteiger partial charge in [-0.1, -0.05) is 18.2 Å². The summed E-state index contributed by atoms with van der Waals surface area (Å²) in [6, 6.07) is 8.01. The van der Waals surface area contributed by atoms with E-state index in [4.69, 9.17) is 4.74 Å². The molecule has 1 aromatic heterocycles. The number of hydrogen-bond acceptors (Lipinski definition) is 2. The van der Waals surface area contributed by atoms with Crippen molar-refractivity contribution >= 4 is 16.9 Å². The minimum absolute atomic E-state index is 0.00749. The first kappa shape index (κ1) is 14.4. The Morgan fingerprint density at radius 2 is 2.20 bits per heavy atom. The molecule has 0 saturated carbocycles. The summed E-state index contributed by atoms with van der Waals surface area (Å²) in [5.74, 6) is 0. The second kappa shape index (κ2) is 6.96.